The molecule has 0 heterocycles. The Labute approximate surface area is 168 Å². The van der Waals surface area contributed by atoms with Crippen LogP contribution in [-0.4, -0.2) is 28.0 Å². The third-order valence-corrected chi connectivity index (χ3v) is 8.72. The van der Waals surface area contributed by atoms with Crippen molar-refractivity contribution < 1.29 is 14.9 Å². The van der Waals surface area contributed by atoms with Crippen LogP contribution in [0.4, 0.5) is 0 Å². The quantitative estimate of drug-likeness (QED) is 0.756. The summed E-state index contributed by atoms with van der Waals surface area (Å²) in [5.41, 5.74) is 1.32. The summed E-state index contributed by atoms with van der Waals surface area (Å²) >= 11 is 0. The highest BCUT2D eigenvalue weighted by Crippen LogP contribution is 2.64. The molecule has 1 aromatic rings. The van der Waals surface area contributed by atoms with E-state index in [2.05, 4.69) is 31.0 Å². The molecule has 0 aromatic heterocycles. The van der Waals surface area contributed by atoms with Gasteiger partial charge in [-0.3, -0.25) is 0 Å². The van der Waals surface area contributed by atoms with E-state index in [1.807, 2.05) is 0 Å². The largest absolute Gasteiger partial charge is 0.490 e. The van der Waals surface area contributed by atoms with E-state index >= 15 is 0 Å². The van der Waals surface area contributed by atoms with Crippen molar-refractivity contribution in [2.75, 3.05) is 0 Å². The van der Waals surface area contributed by atoms with Crippen LogP contribution in [0.2, 0.25) is 0 Å². The average molecular weight is 381 g/mol. The standard InChI is InChI=1S/C25H32O3/c1-3-25(27)13-11-21-23-20(10-12-24(21,25)2)19-9-8-18(14-16(19)15-22(23)26)28-17-6-4-5-7-17/h1,8-9,14,17,20-23,26-27H,4-7,10-13,15H2,2H3/t20-,21+,22+,23-,24+,25+/m1/s1. The number of aliphatic hydroxyl groups is 2. The minimum atomic E-state index is -1.03. The minimum Gasteiger partial charge on any atom is -0.490 e. The normalized spacial score (nSPS) is 42.4. The summed E-state index contributed by atoms with van der Waals surface area (Å²) in [5.74, 6) is 4.50. The van der Waals surface area contributed by atoms with Gasteiger partial charge in [-0.1, -0.05) is 18.9 Å². The van der Waals surface area contributed by atoms with Crippen molar-refractivity contribution in [1.82, 2.24) is 0 Å². The summed E-state index contributed by atoms with van der Waals surface area (Å²) < 4.78 is 6.20. The molecule has 28 heavy (non-hydrogen) atoms. The predicted octanol–water partition coefficient (Wildman–Crippen LogP) is 4.20. The summed E-state index contributed by atoms with van der Waals surface area (Å²) in [5, 5.41) is 22.2. The second-order valence-electron chi connectivity index (χ2n) is 9.95. The molecule has 0 saturated heterocycles. The van der Waals surface area contributed by atoms with Gasteiger partial charge in [-0.05, 0) is 98.8 Å². The summed E-state index contributed by atoms with van der Waals surface area (Å²) in [6, 6.07) is 6.55. The molecule has 4 aliphatic carbocycles. The molecule has 0 unspecified atom stereocenters. The van der Waals surface area contributed by atoms with Crippen LogP contribution in [0.5, 0.6) is 5.75 Å². The van der Waals surface area contributed by atoms with Gasteiger partial charge in [-0.25, -0.2) is 0 Å². The van der Waals surface area contributed by atoms with E-state index in [4.69, 9.17) is 11.2 Å². The van der Waals surface area contributed by atoms with E-state index in [1.165, 1.54) is 24.0 Å². The molecule has 1 aromatic carbocycles. The minimum absolute atomic E-state index is 0.190. The predicted molar refractivity (Wildman–Crippen MR) is 109 cm³/mol. The van der Waals surface area contributed by atoms with E-state index in [9.17, 15) is 10.2 Å². The van der Waals surface area contributed by atoms with E-state index in [0.29, 0.717) is 24.9 Å². The molecule has 150 valence electrons. The van der Waals surface area contributed by atoms with Gasteiger partial charge in [0.25, 0.3) is 0 Å². The molecule has 0 radical (unpaired) electrons. The van der Waals surface area contributed by atoms with E-state index in [-0.39, 0.29) is 23.4 Å². The SMILES string of the molecule is C#C[C@]1(O)CC[C@H]2[C@H]3[C@H](CC[C@@]21C)c1ccc(OC2CCCC2)cc1C[C@@H]3O. The fraction of sp³-hybridized carbons (Fsp3) is 0.680. The Kier molecular flexibility index (Phi) is 4.30. The van der Waals surface area contributed by atoms with Gasteiger partial charge in [0.1, 0.15) is 11.4 Å². The second kappa shape index (κ2) is 6.51. The van der Waals surface area contributed by atoms with Gasteiger partial charge in [0.05, 0.1) is 12.2 Å². The first-order valence-corrected chi connectivity index (χ1v) is 11.1. The monoisotopic (exact) mass is 380 g/mol. The number of benzene rings is 1. The zero-order valence-corrected chi connectivity index (χ0v) is 16.9. The summed E-state index contributed by atoms with van der Waals surface area (Å²) in [7, 11) is 0. The van der Waals surface area contributed by atoms with Gasteiger partial charge in [-0.2, -0.15) is 0 Å². The van der Waals surface area contributed by atoms with Gasteiger partial charge >= 0.3 is 0 Å². The van der Waals surface area contributed by atoms with Crippen molar-refractivity contribution in [3.8, 4) is 18.1 Å². The molecular formula is C25H32O3. The molecule has 5 rings (SSSR count). The lowest BCUT2D eigenvalue weighted by molar-refractivity contribution is -0.0901. The van der Waals surface area contributed by atoms with Gasteiger partial charge in [0, 0.05) is 5.41 Å². The maximum atomic E-state index is 11.2. The number of fused-ring (bicyclic) bond motifs is 5. The van der Waals surface area contributed by atoms with Gasteiger partial charge in [0.15, 0.2) is 0 Å². The van der Waals surface area contributed by atoms with Crippen molar-refractivity contribution in [2.45, 2.75) is 88.4 Å². The van der Waals surface area contributed by atoms with Crippen molar-refractivity contribution in [3.63, 3.8) is 0 Å². The zero-order valence-electron chi connectivity index (χ0n) is 16.9. The molecule has 3 nitrogen and oxygen atoms in total. The van der Waals surface area contributed by atoms with Crippen LogP contribution in [0.25, 0.3) is 0 Å². The number of hydrogen-bond acceptors (Lipinski definition) is 3. The van der Waals surface area contributed by atoms with Gasteiger partial charge < -0.3 is 14.9 Å². The molecule has 3 heteroatoms. The smallest absolute Gasteiger partial charge is 0.130 e. The number of rotatable bonds is 2. The highest BCUT2D eigenvalue weighted by molar-refractivity contribution is 5.42. The first kappa shape index (κ1) is 18.5. The Hall–Kier alpha value is -1.50. The third kappa shape index (κ3) is 2.57. The third-order valence-electron chi connectivity index (χ3n) is 8.72. The number of ether oxygens (including phenoxy) is 1. The molecule has 3 saturated carbocycles. The molecule has 4 aliphatic rings. The Morgan fingerprint density at radius 1 is 1.14 bits per heavy atom. The van der Waals surface area contributed by atoms with E-state index in [1.54, 1.807) is 0 Å². The highest BCUT2D eigenvalue weighted by Gasteiger charge is 2.62. The Morgan fingerprint density at radius 3 is 2.68 bits per heavy atom. The van der Waals surface area contributed by atoms with Crippen LogP contribution in [-0.2, 0) is 6.42 Å². The van der Waals surface area contributed by atoms with Crippen LogP contribution < -0.4 is 4.74 Å². The summed E-state index contributed by atoms with van der Waals surface area (Å²) in [6.07, 6.45) is 14.7. The summed E-state index contributed by atoms with van der Waals surface area (Å²) in [6.45, 7) is 2.15. The van der Waals surface area contributed by atoms with Crippen LogP contribution >= 0.6 is 0 Å². The molecular weight excluding hydrogens is 348 g/mol. The lowest BCUT2D eigenvalue weighted by Crippen LogP contribution is -2.53. The first-order valence-electron chi connectivity index (χ1n) is 11.1. The molecule has 2 N–H and O–H groups in total. The van der Waals surface area contributed by atoms with Crippen molar-refractivity contribution >= 4 is 0 Å². The van der Waals surface area contributed by atoms with Crippen molar-refractivity contribution in [3.05, 3.63) is 29.3 Å². The Bertz CT molecular complexity index is 805. The molecule has 0 amide bonds. The molecule has 0 bridgehead atoms. The maximum absolute atomic E-state index is 11.2. The zero-order chi connectivity index (χ0) is 19.5. The molecule has 6 atom stereocenters. The lowest BCUT2D eigenvalue weighted by atomic mass is 9.52. The second-order valence-corrected chi connectivity index (χ2v) is 9.95. The Morgan fingerprint density at radius 2 is 1.93 bits per heavy atom. The average Bonchev–Trinajstić information content (AvgIpc) is 3.28. The lowest BCUT2D eigenvalue weighted by Gasteiger charge is -2.53. The van der Waals surface area contributed by atoms with Gasteiger partial charge in [-0.15, -0.1) is 6.42 Å². The number of terminal acetylenes is 1. The first-order chi connectivity index (χ1) is 13.4. The molecule has 0 aliphatic heterocycles. The number of hydrogen-bond donors (Lipinski definition) is 2. The van der Waals surface area contributed by atoms with Crippen LogP contribution in [0.3, 0.4) is 0 Å². The fourth-order valence-electron chi connectivity index (χ4n) is 7.10. The fourth-order valence-corrected chi connectivity index (χ4v) is 7.10. The van der Waals surface area contributed by atoms with E-state index in [0.717, 1.165) is 37.9 Å². The van der Waals surface area contributed by atoms with Crippen LogP contribution in [0, 0.1) is 29.6 Å². The topological polar surface area (TPSA) is 49.7 Å². The van der Waals surface area contributed by atoms with Crippen LogP contribution in [0.1, 0.15) is 75.3 Å². The molecule has 0 spiro atoms. The Balaban J connectivity index is 1.44. The molecule has 3 fully saturated rings. The van der Waals surface area contributed by atoms with Crippen molar-refractivity contribution in [2.24, 2.45) is 17.3 Å². The van der Waals surface area contributed by atoms with E-state index < -0.39 is 5.60 Å². The summed E-state index contributed by atoms with van der Waals surface area (Å²) in [4.78, 5) is 0. The van der Waals surface area contributed by atoms with Crippen LogP contribution in [0.15, 0.2) is 18.2 Å². The van der Waals surface area contributed by atoms with Gasteiger partial charge in [0.2, 0.25) is 0 Å². The maximum Gasteiger partial charge on any atom is 0.130 e. The van der Waals surface area contributed by atoms with Crippen molar-refractivity contribution in [1.29, 1.82) is 0 Å². The number of aliphatic hydroxyl groups excluding tert-OH is 1. The highest BCUT2D eigenvalue weighted by atomic mass is 16.5.